The monoisotopic (exact) mass is 296 g/mol. The van der Waals surface area contributed by atoms with Crippen LogP contribution in [0.4, 0.5) is 5.82 Å². The highest BCUT2D eigenvalue weighted by molar-refractivity contribution is 5.68. The fraction of sp³-hybridized carbons (Fsp3) is 0.143. The highest BCUT2D eigenvalue weighted by Crippen LogP contribution is 2.27. The fourth-order valence-corrected chi connectivity index (χ4v) is 2.05. The third-order valence-electron chi connectivity index (χ3n) is 3.13. The van der Waals surface area contributed by atoms with Gasteiger partial charge in [0.2, 0.25) is 0 Å². The second kappa shape index (κ2) is 5.57. The predicted molar refractivity (Wildman–Crippen MR) is 77.5 cm³/mol. The first-order valence-electron chi connectivity index (χ1n) is 6.40. The van der Waals surface area contributed by atoms with Crippen LogP contribution in [-0.4, -0.2) is 27.0 Å². The van der Waals surface area contributed by atoms with Crippen molar-refractivity contribution in [2.75, 3.05) is 12.8 Å². The molecule has 8 heteroatoms. The third-order valence-corrected chi connectivity index (χ3v) is 3.13. The molecule has 22 heavy (non-hydrogen) atoms. The number of hydrogen-bond acceptors (Lipinski definition) is 7. The Hall–Kier alpha value is -3.34. The van der Waals surface area contributed by atoms with Crippen LogP contribution in [0.2, 0.25) is 0 Å². The number of imidazole rings is 1. The Morgan fingerprint density at radius 1 is 1.32 bits per heavy atom. The van der Waals surface area contributed by atoms with E-state index in [2.05, 4.69) is 26.0 Å². The van der Waals surface area contributed by atoms with Crippen LogP contribution in [0.5, 0.6) is 5.75 Å². The summed E-state index contributed by atoms with van der Waals surface area (Å²) in [5, 5.41) is 16.2. The lowest BCUT2D eigenvalue weighted by Crippen LogP contribution is -1.99. The Bertz CT molecular complexity index is 828. The van der Waals surface area contributed by atoms with Crippen LogP contribution < -0.4 is 10.5 Å². The van der Waals surface area contributed by atoms with Gasteiger partial charge in [0.15, 0.2) is 17.3 Å². The molecule has 0 aliphatic rings. The molecule has 8 nitrogen and oxygen atoms in total. The molecule has 0 radical (unpaired) electrons. The third kappa shape index (κ3) is 2.35. The van der Waals surface area contributed by atoms with E-state index in [1.165, 1.54) is 0 Å². The average molecular weight is 296 g/mol. The summed E-state index contributed by atoms with van der Waals surface area (Å²) in [4.78, 5) is 4.49. The van der Waals surface area contributed by atoms with Gasteiger partial charge in [0.1, 0.15) is 12.3 Å². The SMILES string of the molecule is COc1ccc(-c2cn(CC#N)c(-c3nonc3N)n2)cc1. The molecule has 0 spiro atoms. The van der Waals surface area contributed by atoms with Gasteiger partial charge in [-0.1, -0.05) is 0 Å². The number of anilines is 1. The van der Waals surface area contributed by atoms with Gasteiger partial charge < -0.3 is 15.0 Å². The van der Waals surface area contributed by atoms with Crippen molar-refractivity contribution in [3.05, 3.63) is 30.5 Å². The maximum Gasteiger partial charge on any atom is 0.199 e. The Labute approximate surface area is 125 Å². The van der Waals surface area contributed by atoms with Crippen molar-refractivity contribution < 1.29 is 9.37 Å². The zero-order valence-corrected chi connectivity index (χ0v) is 11.7. The van der Waals surface area contributed by atoms with E-state index >= 15 is 0 Å². The second-order valence-electron chi connectivity index (χ2n) is 4.46. The lowest BCUT2D eigenvalue weighted by atomic mass is 10.2. The van der Waals surface area contributed by atoms with Crippen LogP contribution in [0.15, 0.2) is 35.1 Å². The number of aromatic nitrogens is 4. The number of ether oxygens (including phenoxy) is 1. The van der Waals surface area contributed by atoms with Gasteiger partial charge in [-0.25, -0.2) is 9.61 Å². The molecule has 110 valence electrons. The molecule has 2 N–H and O–H groups in total. The number of methoxy groups -OCH3 is 1. The summed E-state index contributed by atoms with van der Waals surface area (Å²) in [6, 6.07) is 9.51. The average Bonchev–Trinajstić information content (AvgIpc) is 3.14. The molecule has 0 bridgehead atoms. The van der Waals surface area contributed by atoms with Gasteiger partial charge in [-0.05, 0) is 34.6 Å². The Balaban J connectivity index is 2.06. The van der Waals surface area contributed by atoms with Crippen molar-refractivity contribution >= 4 is 5.82 Å². The minimum absolute atomic E-state index is 0.116. The molecule has 3 rings (SSSR count). The predicted octanol–water partition coefficient (Wildman–Crippen LogP) is 1.71. The summed E-state index contributed by atoms with van der Waals surface area (Å²) in [5.74, 6) is 1.32. The zero-order valence-electron chi connectivity index (χ0n) is 11.7. The largest absolute Gasteiger partial charge is 0.497 e. The van der Waals surface area contributed by atoms with Crippen LogP contribution >= 0.6 is 0 Å². The first-order chi connectivity index (χ1) is 10.7. The molecule has 0 saturated carbocycles. The van der Waals surface area contributed by atoms with E-state index in [0.29, 0.717) is 17.2 Å². The number of nitrogens with two attached hydrogens (primary N) is 1. The van der Waals surface area contributed by atoms with Gasteiger partial charge in [0, 0.05) is 11.8 Å². The molecular formula is C14H12N6O2. The number of nitriles is 1. The fourth-order valence-electron chi connectivity index (χ4n) is 2.05. The maximum absolute atomic E-state index is 8.95. The topological polar surface area (TPSA) is 116 Å². The Morgan fingerprint density at radius 2 is 2.09 bits per heavy atom. The number of nitrogen functional groups attached to an aromatic ring is 1. The first-order valence-corrected chi connectivity index (χ1v) is 6.40. The molecular weight excluding hydrogens is 284 g/mol. The standard InChI is InChI=1S/C14H12N6O2/c1-21-10-4-2-9(3-5-10)11-8-20(7-6-15)14(17-11)12-13(16)19-22-18-12/h2-5,8H,7H2,1H3,(H2,16,19). The van der Waals surface area contributed by atoms with Crippen molar-refractivity contribution in [3.8, 4) is 34.6 Å². The van der Waals surface area contributed by atoms with Gasteiger partial charge in [0.05, 0.1) is 18.9 Å². The molecule has 0 saturated heterocycles. The van der Waals surface area contributed by atoms with Gasteiger partial charge in [0.25, 0.3) is 0 Å². The smallest absolute Gasteiger partial charge is 0.199 e. The van der Waals surface area contributed by atoms with E-state index in [0.717, 1.165) is 11.3 Å². The summed E-state index contributed by atoms with van der Waals surface area (Å²) < 4.78 is 11.4. The zero-order chi connectivity index (χ0) is 15.5. The lowest BCUT2D eigenvalue weighted by molar-refractivity contribution is 0.310. The molecule has 0 aliphatic carbocycles. The number of hydrogen-bond donors (Lipinski definition) is 1. The highest BCUT2D eigenvalue weighted by atomic mass is 16.6. The molecule has 0 aliphatic heterocycles. The van der Waals surface area contributed by atoms with Crippen molar-refractivity contribution in [2.24, 2.45) is 0 Å². The van der Waals surface area contributed by atoms with Crippen molar-refractivity contribution in [1.82, 2.24) is 19.9 Å². The highest BCUT2D eigenvalue weighted by Gasteiger charge is 2.18. The number of benzene rings is 1. The number of rotatable bonds is 4. The molecule has 0 unspecified atom stereocenters. The molecule has 1 aromatic carbocycles. The van der Waals surface area contributed by atoms with E-state index in [4.69, 9.17) is 15.7 Å². The Morgan fingerprint density at radius 3 is 2.68 bits per heavy atom. The quantitative estimate of drug-likeness (QED) is 0.779. The van der Waals surface area contributed by atoms with Crippen molar-refractivity contribution in [1.29, 1.82) is 5.26 Å². The minimum Gasteiger partial charge on any atom is -0.497 e. The van der Waals surface area contributed by atoms with E-state index in [9.17, 15) is 0 Å². The van der Waals surface area contributed by atoms with Gasteiger partial charge in [-0.2, -0.15) is 5.26 Å². The summed E-state index contributed by atoms with van der Waals surface area (Å²) in [6.07, 6.45) is 1.76. The maximum atomic E-state index is 8.95. The molecule has 2 aromatic heterocycles. The van der Waals surface area contributed by atoms with Crippen LogP contribution in [0, 0.1) is 11.3 Å². The summed E-state index contributed by atoms with van der Waals surface area (Å²) in [6.45, 7) is 0.116. The van der Waals surface area contributed by atoms with E-state index in [1.807, 2.05) is 24.3 Å². The van der Waals surface area contributed by atoms with Gasteiger partial charge in [-0.15, -0.1) is 0 Å². The molecule has 0 amide bonds. The lowest BCUT2D eigenvalue weighted by Gasteiger charge is -2.00. The van der Waals surface area contributed by atoms with E-state index in [-0.39, 0.29) is 12.4 Å². The first kappa shape index (κ1) is 13.6. The van der Waals surface area contributed by atoms with Crippen LogP contribution in [0.1, 0.15) is 0 Å². The van der Waals surface area contributed by atoms with Crippen molar-refractivity contribution in [3.63, 3.8) is 0 Å². The number of nitrogens with zero attached hydrogens (tertiary/aromatic N) is 5. The molecule has 3 aromatic rings. The molecule has 0 fully saturated rings. The van der Waals surface area contributed by atoms with E-state index < -0.39 is 0 Å². The van der Waals surface area contributed by atoms with Crippen LogP contribution in [0.25, 0.3) is 22.8 Å². The van der Waals surface area contributed by atoms with Crippen LogP contribution in [0.3, 0.4) is 0 Å². The molecule has 0 atom stereocenters. The summed E-state index contributed by atoms with van der Waals surface area (Å²) in [7, 11) is 1.61. The van der Waals surface area contributed by atoms with Crippen LogP contribution in [-0.2, 0) is 6.54 Å². The van der Waals surface area contributed by atoms with Crippen molar-refractivity contribution in [2.45, 2.75) is 6.54 Å². The Kier molecular flexibility index (Phi) is 3.45. The normalized spacial score (nSPS) is 10.4. The van der Waals surface area contributed by atoms with E-state index in [1.54, 1.807) is 17.9 Å². The van der Waals surface area contributed by atoms with Gasteiger partial charge >= 0.3 is 0 Å². The van der Waals surface area contributed by atoms with Gasteiger partial charge in [-0.3, -0.25) is 0 Å². The molecule has 2 heterocycles. The second-order valence-corrected chi connectivity index (χ2v) is 4.46. The minimum atomic E-state index is 0.116. The summed E-state index contributed by atoms with van der Waals surface area (Å²) >= 11 is 0. The summed E-state index contributed by atoms with van der Waals surface area (Å²) in [5.41, 5.74) is 7.59.